The zero-order valence-electron chi connectivity index (χ0n) is 12.3. The van der Waals surface area contributed by atoms with Crippen molar-refractivity contribution >= 4 is 23.3 Å². The zero-order chi connectivity index (χ0) is 15.9. The van der Waals surface area contributed by atoms with E-state index in [1.54, 1.807) is 18.2 Å². The lowest BCUT2D eigenvalue weighted by Crippen LogP contribution is -2.36. The van der Waals surface area contributed by atoms with Crippen LogP contribution in [0.15, 0.2) is 48.5 Å². The molecule has 1 unspecified atom stereocenters. The first-order chi connectivity index (χ1) is 10.6. The summed E-state index contributed by atoms with van der Waals surface area (Å²) in [4.78, 5) is 11.9. The Hall–Kier alpha value is -2.04. The normalized spacial score (nSPS) is 11.8. The van der Waals surface area contributed by atoms with Crippen molar-refractivity contribution in [3.8, 4) is 0 Å². The molecule has 5 heteroatoms. The number of carbonyl (C=O) groups excluding carboxylic acids is 1. The number of aliphatic hydroxyl groups is 1. The summed E-state index contributed by atoms with van der Waals surface area (Å²) < 4.78 is 0. The summed E-state index contributed by atoms with van der Waals surface area (Å²) in [5.74, 6) is 0. The summed E-state index contributed by atoms with van der Waals surface area (Å²) in [6.07, 6.45) is -0.134. The van der Waals surface area contributed by atoms with Crippen molar-refractivity contribution in [3.63, 3.8) is 0 Å². The van der Waals surface area contributed by atoms with Crippen molar-refractivity contribution in [2.24, 2.45) is 0 Å². The number of aliphatic hydroxyl groups excluding tert-OH is 1. The van der Waals surface area contributed by atoms with Crippen LogP contribution in [0.2, 0.25) is 5.02 Å². The molecule has 0 fully saturated rings. The van der Waals surface area contributed by atoms with Crippen molar-refractivity contribution in [1.82, 2.24) is 5.32 Å². The quantitative estimate of drug-likeness (QED) is 0.791. The first-order valence-corrected chi connectivity index (χ1v) is 7.46. The molecule has 2 amide bonds. The molecule has 116 valence electrons. The first kappa shape index (κ1) is 16.3. The van der Waals surface area contributed by atoms with Gasteiger partial charge in [-0.1, -0.05) is 48.0 Å². The van der Waals surface area contributed by atoms with Gasteiger partial charge in [-0.25, -0.2) is 4.79 Å². The Morgan fingerprint density at radius 1 is 1.18 bits per heavy atom. The maximum atomic E-state index is 11.9. The van der Waals surface area contributed by atoms with Gasteiger partial charge in [-0.15, -0.1) is 0 Å². The average molecular weight is 319 g/mol. The Labute approximate surface area is 135 Å². The lowest BCUT2D eigenvalue weighted by atomic mass is 10.1. The molecule has 0 radical (unpaired) electrons. The minimum absolute atomic E-state index is 0.181. The third-order valence-corrected chi connectivity index (χ3v) is 3.74. The number of anilines is 1. The molecule has 2 aromatic carbocycles. The number of benzene rings is 2. The molecule has 0 aliphatic heterocycles. The van der Waals surface area contributed by atoms with E-state index < -0.39 is 6.10 Å². The fourth-order valence-corrected chi connectivity index (χ4v) is 2.25. The van der Waals surface area contributed by atoms with Crippen LogP contribution in [0.3, 0.4) is 0 Å². The van der Waals surface area contributed by atoms with Gasteiger partial charge in [0.1, 0.15) is 0 Å². The third kappa shape index (κ3) is 4.76. The van der Waals surface area contributed by atoms with Gasteiger partial charge in [-0.05, 0) is 30.2 Å². The van der Waals surface area contributed by atoms with Crippen LogP contribution in [0.25, 0.3) is 0 Å². The summed E-state index contributed by atoms with van der Waals surface area (Å²) in [7, 11) is 0. The molecule has 3 N–H and O–H groups in total. The van der Waals surface area contributed by atoms with Crippen molar-refractivity contribution in [3.05, 3.63) is 64.7 Å². The van der Waals surface area contributed by atoms with Crippen LogP contribution in [0.4, 0.5) is 10.5 Å². The molecular formula is C17H19ClN2O2. The Balaban J connectivity index is 1.81. The Bertz CT molecular complexity index is 632. The summed E-state index contributed by atoms with van der Waals surface area (Å²) in [6.45, 7) is 2.02. The van der Waals surface area contributed by atoms with E-state index in [-0.39, 0.29) is 12.6 Å². The molecule has 2 rings (SSSR count). The predicted molar refractivity (Wildman–Crippen MR) is 89.4 cm³/mol. The molecule has 0 aliphatic carbocycles. The summed E-state index contributed by atoms with van der Waals surface area (Å²) in [6, 6.07) is 14.6. The van der Waals surface area contributed by atoms with E-state index in [0.717, 1.165) is 11.1 Å². The average Bonchev–Trinajstić information content (AvgIpc) is 2.51. The second-order valence-electron chi connectivity index (χ2n) is 5.09. The lowest BCUT2D eigenvalue weighted by molar-refractivity contribution is 0.172. The highest BCUT2D eigenvalue weighted by Crippen LogP contribution is 2.22. The minimum atomic E-state index is -0.631. The number of amides is 2. The molecule has 0 aromatic heterocycles. The number of rotatable bonds is 5. The topological polar surface area (TPSA) is 61.4 Å². The van der Waals surface area contributed by atoms with Crippen LogP contribution in [0.5, 0.6) is 0 Å². The maximum Gasteiger partial charge on any atom is 0.319 e. The maximum absolute atomic E-state index is 11.9. The van der Waals surface area contributed by atoms with Crippen LogP contribution in [0.1, 0.15) is 11.1 Å². The number of hydrogen-bond donors (Lipinski definition) is 3. The number of carbonyl (C=O) groups is 1. The van der Waals surface area contributed by atoms with Crippen molar-refractivity contribution in [2.45, 2.75) is 19.4 Å². The number of halogens is 1. The summed E-state index contributed by atoms with van der Waals surface area (Å²) in [5.41, 5.74) is 2.49. The fraction of sp³-hybridized carbons (Fsp3) is 0.235. The van der Waals surface area contributed by atoms with Gasteiger partial charge in [0.2, 0.25) is 0 Å². The minimum Gasteiger partial charge on any atom is -0.391 e. The van der Waals surface area contributed by atoms with Crippen LogP contribution < -0.4 is 10.6 Å². The van der Waals surface area contributed by atoms with Gasteiger partial charge in [-0.3, -0.25) is 0 Å². The van der Waals surface area contributed by atoms with Crippen LogP contribution >= 0.6 is 11.6 Å². The fourth-order valence-electron chi connectivity index (χ4n) is 2.08. The molecule has 0 saturated carbocycles. The second-order valence-corrected chi connectivity index (χ2v) is 5.50. The Morgan fingerprint density at radius 2 is 1.91 bits per heavy atom. The van der Waals surface area contributed by atoms with Crippen LogP contribution in [-0.4, -0.2) is 23.8 Å². The molecule has 0 aliphatic rings. The molecule has 1 atom stereocenters. The highest BCUT2D eigenvalue weighted by Gasteiger charge is 2.09. The van der Waals surface area contributed by atoms with E-state index in [1.807, 2.05) is 37.3 Å². The van der Waals surface area contributed by atoms with E-state index in [2.05, 4.69) is 10.6 Å². The van der Waals surface area contributed by atoms with Gasteiger partial charge in [0.15, 0.2) is 0 Å². The lowest BCUT2D eigenvalue weighted by Gasteiger charge is -2.14. The van der Waals surface area contributed by atoms with Crippen LogP contribution in [-0.2, 0) is 6.42 Å². The zero-order valence-corrected chi connectivity index (χ0v) is 13.1. The number of hydrogen-bond acceptors (Lipinski definition) is 2. The highest BCUT2D eigenvalue weighted by molar-refractivity contribution is 6.31. The monoisotopic (exact) mass is 318 g/mol. The molecule has 0 spiro atoms. The van der Waals surface area contributed by atoms with Gasteiger partial charge < -0.3 is 15.7 Å². The van der Waals surface area contributed by atoms with Gasteiger partial charge >= 0.3 is 6.03 Å². The molecule has 22 heavy (non-hydrogen) atoms. The molecular weight excluding hydrogens is 300 g/mol. The smallest absolute Gasteiger partial charge is 0.319 e. The standard InChI is InChI=1S/C17H19ClN2O2/c1-12-15(18)8-5-9-16(12)20-17(22)19-11-14(21)10-13-6-3-2-4-7-13/h2-9,14,21H,10-11H2,1H3,(H2,19,20,22). The molecule has 0 heterocycles. The van der Waals surface area contributed by atoms with Crippen molar-refractivity contribution < 1.29 is 9.90 Å². The summed E-state index contributed by atoms with van der Waals surface area (Å²) in [5, 5.41) is 15.9. The van der Waals surface area contributed by atoms with E-state index >= 15 is 0 Å². The van der Waals surface area contributed by atoms with E-state index in [0.29, 0.717) is 17.1 Å². The Morgan fingerprint density at radius 3 is 2.64 bits per heavy atom. The Kier molecular flexibility index (Phi) is 5.81. The second kappa shape index (κ2) is 7.82. The third-order valence-electron chi connectivity index (χ3n) is 3.33. The molecule has 4 nitrogen and oxygen atoms in total. The van der Waals surface area contributed by atoms with Gasteiger partial charge in [0, 0.05) is 23.7 Å². The number of urea groups is 1. The van der Waals surface area contributed by atoms with Gasteiger partial charge in [0.05, 0.1) is 6.10 Å². The first-order valence-electron chi connectivity index (χ1n) is 7.08. The molecule has 2 aromatic rings. The van der Waals surface area contributed by atoms with E-state index in [1.165, 1.54) is 0 Å². The predicted octanol–water partition coefficient (Wildman–Crippen LogP) is 3.37. The SMILES string of the molecule is Cc1c(Cl)cccc1NC(=O)NCC(O)Cc1ccccc1. The van der Waals surface area contributed by atoms with Gasteiger partial charge in [-0.2, -0.15) is 0 Å². The summed E-state index contributed by atoms with van der Waals surface area (Å²) >= 11 is 6.00. The molecule has 0 bridgehead atoms. The highest BCUT2D eigenvalue weighted by atomic mass is 35.5. The van der Waals surface area contributed by atoms with Crippen molar-refractivity contribution in [1.29, 1.82) is 0 Å². The van der Waals surface area contributed by atoms with E-state index in [4.69, 9.17) is 11.6 Å². The van der Waals surface area contributed by atoms with Crippen molar-refractivity contribution in [2.75, 3.05) is 11.9 Å². The largest absolute Gasteiger partial charge is 0.391 e. The van der Waals surface area contributed by atoms with Gasteiger partial charge in [0.25, 0.3) is 0 Å². The van der Waals surface area contributed by atoms with Crippen LogP contribution in [0, 0.1) is 6.92 Å². The van der Waals surface area contributed by atoms with E-state index in [9.17, 15) is 9.90 Å². The molecule has 0 saturated heterocycles. The number of nitrogens with one attached hydrogen (secondary N) is 2.